The summed E-state index contributed by atoms with van der Waals surface area (Å²) < 4.78 is 5.81. The van der Waals surface area contributed by atoms with Gasteiger partial charge in [0.15, 0.2) is 17.2 Å². The Balaban J connectivity index is 1.70. The number of ether oxygens (including phenoxy) is 1. The van der Waals surface area contributed by atoms with Gasteiger partial charge in [-0.15, -0.1) is 0 Å². The minimum atomic E-state index is -0.950. The molecule has 0 bridgehead atoms. The van der Waals surface area contributed by atoms with E-state index in [9.17, 15) is 14.4 Å². The molecule has 0 amide bonds. The van der Waals surface area contributed by atoms with Gasteiger partial charge in [-0.2, -0.15) is 0 Å². The van der Waals surface area contributed by atoms with Gasteiger partial charge in [0.1, 0.15) is 0 Å². The predicted molar refractivity (Wildman–Crippen MR) is 102 cm³/mol. The van der Waals surface area contributed by atoms with Crippen molar-refractivity contribution >= 4 is 17.5 Å². The fourth-order valence-electron chi connectivity index (χ4n) is 7.62. The third kappa shape index (κ3) is 2.44. The molecule has 4 nitrogen and oxygen atoms in total. The summed E-state index contributed by atoms with van der Waals surface area (Å²) in [6.07, 6.45) is 9.23. The second kappa shape index (κ2) is 6.02. The van der Waals surface area contributed by atoms with Crippen molar-refractivity contribution in [2.24, 2.45) is 28.6 Å². The third-order valence-electron chi connectivity index (χ3n) is 8.97. The van der Waals surface area contributed by atoms with Crippen LogP contribution in [0.1, 0.15) is 79.1 Å². The SMILES string of the molecule is CC(=O)O[C@]1(C(C)=O)CC[C@@H]2[C@@H]3CCC4=CC(=O)CC[C@]4(C)[C@H]3CC[C@@]21C. The number of Topliss-reactive ketones (excluding diaryl/α,β-unsaturated/α-hetero) is 1. The monoisotopic (exact) mass is 372 g/mol. The summed E-state index contributed by atoms with van der Waals surface area (Å²) in [5.41, 5.74) is 0.266. The van der Waals surface area contributed by atoms with Crippen LogP contribution in [0.3, 0.4) is 0 Å². The Labute approximate surface area is 162 Å². The zero-order chi connectivity index (χ0) is 19.6. The number of fused-ring (bicyclic) bond motifs is 5. The third-order valence-corrected chi connectivity index (χ3v) is 8.97. The largest absolute Gasteiger partial charge is 0.451 e. The normalized spacial score (nSPS) is 46.0. The molecule has 4 rings (SSSR count). The molecule has 0 aromatic heterocycles. The molecule has 27 heavy (non-hydrogen) atoms. The Morgan fingerprint density at radius 2 is 1.70 bits per heavy atom. The molecule has 4 aliphatic rings. The maximum atomic E-state index is 12.7. The molecular formula is C23H32O4. The van der Waals surface area contributed by atoms with E-state index < -0.39 is 5.60 Å². The van der Waals surface area contributed by atoms with Crippen molar-refractivity contribution in [1.29, 1.82) is 0 Å². The Morgan fingerprint density at radius 3 is 2.37 bits per heavy atom. The molecule has 0 unspecified atom stereocenters. The van der Waals surface area contributed by atoms with Crippen LogP contribution in [-0.4, -0.2) is 23.1 Å². The molecule has 0 N–H and O–H groups in total. The number of rotatable bonds is 2. The van der Waals surface area contributed by atoms with Crippen molar-refractivity contribution in [1.82, 2.24) is 0 Å². The van der Waals surface area contributed by atoms with E-state index in [0.717, 1.165) is 38.5 Å². The molecule has 0 aromatic rings. The van der Waals surface area contributed by atoms with Crippen LogP contribution < -0.4 is 0 Å². The van der Waals surface area contributed by atoms with Crippen LogP contribution >= 0.6 is 0 Å². The number of ketones is 2. The molecule has 148 valence electrons. The van der Waals surface area contributed by atoms with Crippen LogP contribution in [-0.2, 0) is 19.1 Å². The predicted octanol–water partition coefficient (Wildman–Crippen LogP) is 4.41. The summed E-state index contributed by atoms with van der Waals surface area (Å²) in [6.45, 7) is 7.58. The maximum Gasteiger partial charge on any atom is 0.303 e. The van der Waals surface area contributed by atoms with Crippen molar-refractivity contribution in [3.8, 4) is 0 Å². The lowest BCUT2D eigenvalue weighted by Gasteiger charge is -2.59. The molecule has 0 spiro atoms. The van der Waals surface area contributed by atoms with E-state index in [1.54, 1.807) is 6.92 Å². The molecule has 3 fully saturated rings. The van der Waals surface area contributed by atoms with E-state index in [-0.39, 0.29) is 28.4 Å². The summed E-state index contributed by atoms with van der Waals surface area (Å²) in [5.74, 6) is 1.48. The lowest BCUT2D eigenvalue weighted by atomic mass is 9.46. The van der Waals surface area contributed by atoms with Gasteiger partial charge in [0.05, 0.1) is 0 Å². The average molecular weight is 373 g/mol. The second-order valence-electron chi connectivity index (χ2n) is 9.94. The zero-order valence-electron chi connectivity index (χ0n) is 17.1. The minimum absolute atomic E-state index is 0.00650. The molecule has 6 atom stereocenters. The Bertz CT molecular complexity index is 737. The Kier molecular flexibility index (Phi) is 4.21. The van der Waals surface area contributed by atoms with Crippen LogP contribution in [0.2, 0.25) is 0 Å². The van der Waals surface area contributed by atoms with Gasteiger partial charge >= 0.3 is 5.97 Å². The van der Waals surface area contributed by atoms with Gasteiger partial charge < -0.3 is 4.74 Å². The van der Waals surface area contributed by atoms with Gasteiger partial charge in [-0.1, -0.05) is 19.4 Å². The number of hydrogen-bond donors (Lipinski definition) is 0. The lowest BCUT2D eigenvalue weighted by Crippen LogP contribution is -2.58. The first-order valence-electron chi connectivity index (χ1n) is 10.6. The number of allylic oxidation sites excluding steroid dienone is 1. The molecule has 0 radical (unpaired) electrons. The molecule has 4 heteroatoms. The van der Waals surface area contributed by atoms with E-state index in [1.165, 1.54) is 12.5 Å². The fraction of sp³-hybridized carbons (Fsp3) is 0.783. The molecule has 4 aliphatic carbocycles. The van der Waals surface area contributed by atoms with E-state index in [0.29, 0.717) is 30.6 Å². The zero-order valence-corrected chi connectivity index (χ0v) is 17.1. The second-order valence-corrected chi connectivity index (χ2v) is 9.94. The highest BCUT2D eigenvalue weighted by Gasteiger charge is 2.67. The highest BCUT2D eigenvalue weighted by molar-refractivity contribution is 5.91. The van der Waals surface area contributed by atoms with Gasteiger partial charge in [-0.05, 0) is 81.1 Å². The minimum Gasteiger partial charge on any atom is -0.451 e. The number of carbonyl (C=O) groups excluding carboxylic acids is 3. The summed E-state index contributed by atoms with van der Waals surface area (Å²) in [5, 5.41) is 0. The maximum absolute atomic E-state index is 12.7. The van der Waals surface area contributed by atoms with E-state index in [4.69, 9.17) is 4.74 Å². The lowest BCUT2D eigenvalue weighted by molar-refractivity contribution is -0.187. The summed E-state index contributed by atoms with van der Waals surface area (Å²) in [7, 11) is 0. The number of hydrogen-bond acceptors (Lipinski definition) is 4. The standard InChI is InChI=1S/C23H32O4/c1-14(24)23(27-15(2)25)12-9-20-18-6-5-16-13-17(26)7-10-21(16,3)19(18)8-11-22(20,23)4/h13,18-20H,5-12H2,1-4H3/t18-,19+,20-,21+,22+,23+/m1/s1. The number of carbonyl (C=O) groups is 3. The topological polar surface area (TPSA) is 60.4 Å². The first-order valence-corrected chi connectivity index (χ1v) is 10.6. The smallest absolute Gasteiger partial charge is 0.303 e. The quantitative estimate of drug-likeness (QED) is 0.674. The molecule has 0 saturated heterocycles. The van der Waals surface area contributed by atoms with Crippen LogP contribution in [0, 0.1) is 28.6 Å². The fourth-order valence-corrected chi connectivity index (χ4v) is 7.62. The molecule has 3 saturated carbocycles. The van der Waals surface area contributed by atoms with Crippen LogP contribution in [0.4, 0.5) is 0 Å². The van der Waals surface area contributed by atoms with Crippen molar-refractivity contribution in [3.63, 3.8) is 0 Å². The van der Waals surface area contributed by atoms with Crippen molar-refractivity contribution in [3.05, 3.63) is 11.6 Å². The molecule has 0 aliphatic heterocycles. The van der Waals surface area contributed by atoms with Gasteiger partial charge in [0, 0.05) is 18.8 Å². The van der Waals surface area contributed by atoms with Crippen LogP contribution in [0.15, 0.2) is 11.6 Å². The Morgan fingerprint density at radius 1 is 1.00 bits per heavy atom. The molecule has 0 aromatic carbocycles. The van der Waals surface area contributed by atoms with Gasteiger partial charge in [0.2, 0.25) is 0 Å². The van der Waals surface area contributed by atoms with Crippen molar-refractivity contribution in [2.75, 3.05) is 0 Å². The number of esters is 1. The molecule has 0 heterocycles. The summed E-state index contributed by atoms with van der Waals surface area (Å²) in [6, 6.07) is 0. The van der Waals surface area contributed by atoms with E-state index in [2.05, 4.69) is 13.8 Å². The van der Waals surface area contributed by atoms with Gasteiger partial charge in [0.25, 0.3) is 0 Å². The van der Waals surface area contributed by atoms with Gasteiger partial charge in [-0.3, -0.25) is 14.4 Å². The Hall–Kier alpha value is -1.45. The van der Waals surface area contributed by atoms with Crippen molar-refractivity contribution < 1.29 is 19.1 Å². The van der Waals surface area contributed by atoms with Crippen LogP contribution in [0.25, 0.3) is 0 Å². The first kappa shape index (κ1) is 18.9. The van der Waals surface area contributed by atoms with Gasteiger partial charge in [-0.25, -0.2) is 0 Å². The van der Waals surface area contributed by atoms with Crippen molar-refractivity contribution in [2.45, 2.75) is 84.7 Å². The first-order chi connectivity index (χ1) is 12.6. The summed E-state index contributed by atoms with van der Waals surface area (Å²) in [4.78, 5) is 36.5. The van der Waals surface area contributed by atoms with Crippen LogP contribution in [0.5, 0.6) is 0 Å². The summed E-state index contributed by atoms with van der Waals surface area (Å²) >= 11 is 0. The highest BCUT2D eigenvalue weighted by Crippen LogP contribution is 2.68. The molecular weight excluding hydrogens is 340 g/mol. The van der Waals surface area contributed by atoms with E-state index >= 15 is 0 Å². The van der Waals surface area contributed by atoms with E-state index in [1.807, 2.05) is 6.08 Å². The average Bonchev–Trinajstić information content (AvgIpc) is 2.89. The highest BCUT2D eigenvalue weighted by atomic mass is 16.6.